The molecule has 31 heavy (non-hydrogen) atoms. The van der Waals surface area contributed by atoms with Crippen LogP contribution < -0.4 is 4.90 Å². The fourth-order valence-electron chi connectivity index (χ4n) is 3.59. The fraction of sp³-hybridized carbons (Fsp3) is 0.360. The van der Waals surface area contributed by atoms with E-state index in [-0.39, 0.29) is 17.4 Å². The number of thioether (sulfide) groups is 1. The number of carboxylic acid groups (broad SMARTS) is 1. The summed E-state index contributed by atoms with van der Waals surface area (Å²) in [7, 11) is 0. The molecule has 0 radical (unpaired) electrons. The minimum atomic E-state index is -0.932. The number of carbonyl (C=O) groups is 1. The summed E-state index contributed by atoms with van der Waals surface area (Å²) in [6.45, 7) is 12.3. The molecule has 0 unspecified atom stereocenters. The molecule has 2 aromatic rings. The van der Waals surface area contributed by atoms with Crippen molar-refractivity contribution in [1.82, 2.24) is 0 Å². The van der Waals surface area contributed by atoms with Gasteiger partial charge in [-0.25, -0.2) is 0 Å². The number of hydrogen-bond donors (Lipinski definition) is 2. The van der Waals surface area contributed by atoms with Crippen molar-refractivity contribution in [3.05, 3.63) is 58.0 Å². The summed E-state index contributed by atoms with van der Waals surface area (Å²) in [5.74, 6) is -0.600. The first-order valence-electron chi connectivity index (χ1n) is 10.2. The predicted molar refractivity (Wildman–Crippen MR) is 133 cm³/mol. The summed E-state index contributed by atoms with van der Waals surface area (Å²) in [6.07, 6.45) is 2.00. The largest absolute Gasteiger partial charge is 0.507 e. The first kappa shape index (κ1) is 23.4. The van der Waals surface area contributed by atoms with Gasteiger partial charge in [0.25, 0.3) is 0 Å². The molecule has 0 amide bonds. The highest BCUT2D eigenvalue weighted by Crippen LogP contribution is 2.44. The Kier molecular flexibility index (Phi) is 6.27. The molecule has 1 heterocycles. The first-order valence-corrected chi connectivity index (χ1v) is 11.4. The summed E-state index contributed by atoms with van der Waals surface area (Å²) >= 11 is 7.25. The van der Waals surface area contributed by atoms with E-state index >= 15 is 0 Å². The average molecular weight is 456 g/mol. The third kappa shape index (κ3) is 4.96. The number of aromatic hydroxyl groups is 1. The summed E-state index contributed by atoms with van der Waals surface area (Å²) in [6, 6.07) is 11.7. The Labute approximate surface area is 194 Å². The van der Waals surface area contributed by atoms with Gasteiger partial charge in [0.2, 0.25) is 0 Å². The molecular weight excluding hydrogens is 426 g/mol. The molecule has 0 saturated carbocycles. The van der Waals surface area contributed by atoms with Crippen LogP contribution >= 0.6 is 24.0 Å². The summed E-state index contributed by atoms with van der Waals surface area (Å²) in [4.78, 5) is 15.4. The summed E-state index contributed by atoms with van der Waals surface area (Å²) in [5.41, 5.74) is 3.03. The summed E-state index contributed by atoms with van der Waals surface area (Å²) in [5, 5.41) is 20.4. The van der Waals surface area contributed by atoms with Crippen LogP contribution in [0.25, 0.3) is 6.08 Å². The zero-order valence-corrected chi connectivity index (χ0v) is 20.4. The van der Waals surface area contributed by atoms with Crippen molar-refractivity contribution in [2.24, 2.45) is 0 Å². The molecule has 0 bridgehead atoms. The monoisotopic (exact) mass is 455 g/mol. The molecule has 4 nitrogen and oxygen atoms in total. The molecule has 0 aromatic heterocycles. The molecule has 0 fully saturated rings. The lowest BCUT2D eigenvalue weighted by atomic mass is 9.78. The molecule has 0 saturated heterocycles. The zero-order valence-electron chi connectivity index (χ0n) is 18.8. The van der Waals surface area contributed by atoms with Gasteiger partial charge < -0.3 is 15.1 Å². The van der Waals surface area contributed by atoms with Gasteiger partial charge in [-0.3, -0.25) is 4.79 Å². The van der Waals surface area contributed by atoms with E-state index in [9.17, 15) is 15.0 Å². The lowest BCUT2D eigenvalue weighted by Crippen LogP contribution is -2.37. The number of thiocarbonyl (C=S) groups is 1. The normalized spacial score (nSPS) is 15.9. The van der Waals surface area contributed by atoms with Crippen LogP contribution in [0.5, 0.6) is 5.75 Å². The number of nitrogens with zero attached hydrogens (tertiary/aromatic N) is 1. The Morgan fingerprint density at radius 2 is 1.61 bits per heavy atom. The Bertz CT molecular complexity index is 1040. The highest BCUT2D eigenvalue weighted by Gasteiger charge is 2.29. The third-order valence-corrected chi connectivity index (χ3v) is 6.84. The van der Waals surface area contributed by atoms with Crippen LogP contribution in [0.1, 0.15) is 58.2 Å². The molecule has 1 aliphatic rings. The number of rotatable bonds is 3. The van der Waals surface area contributed by atoms with Crippen molar-refractivity contribution >= 4 is 46.7 Å². The maximum atomic E-state index is 11.5. The molecule has 1 aliphatic heterocycles. The zero-order chi connectivity index (χ0) is 23.1. The van der Waals surface area contributed by atoms with E-state index in [4.69, 9.17) is 12.2 Å². The maximum Gasteiger partial charge on any atom is 0.323 e. The second-order valence-electron chi connectivity index (χ2n) is 9.83. The topological polar surface area (TPSA) is 60.8 Å². The molecule has 6 heteroatoms. The molecule has 2 N–H and O–H groups in total. The number of aliphatic carboxylic acids is 1. The Hall–Kier alpha value is -2.31. The fourth-order valence-corrected chi connectivity index (χ4v) is 5.00. The third-order valence-electron chi connectivity index (χ3n) is 5.17. The van der Waals surface area contributed by atoms with Crippen LogP contribution in [-0.2, 0) is 15.6 Å². The van der Waals surface area contributed by atoms with E-state index in [1.807, 2.05) is 42.5 Å². The van der Waals surface area contributed by atoms with Crippen LogP contribution in [-0.4, -0.2) is 27.7 Å². The number of phenols is 1. The van der Waals surface area contributed by atoms with E-state index in [1.165, 1.54) is 0 Å². The minimum Gasteiger partial charge on any atom is -0.507 e. The molecule has 164 valence electrons. The first-order chi connectivity index (χ1) is 14.3. The number of para-hydroxylation sites is 1. The van der Waals surface area contributed by atoms with Crippen molar-refractivity contribution in [3.63, 3.8) is 0 Å². The lowest BCUT2D eigenvalue weighted by molar-refractivity contribution is -0.135. The molecule has 0 spiro atoms. The number of carboxylic acids is 1. The van der Waals surface area contributed by atoms with Crippen molar-refractivity contribution < 1.29 is 15.0 Å². The van der Waals surface area contributed by atoms with Crippen molar-refractivity contribution in [1.29, 1.82) is 0 Å². The van der Waals surface area contributed by atoms with E-state index in [2.05, 4.69) is 41.5 Å². The van der Waals surface area contributed by atoms with Gasteiger partial charge in [0.05, 0.1) is 5.69 Å². The van der Waals surface area contributed by atoms with Gasteiger partial charge in [0.15, 0.2) is 0 Å². The van der Waals surface area contributed by atoms with Crippen molar-refractivity contribution in [2.45, 2.75) is 57.3 Å². The van der Waals surface area contributed by atoms with E-state index in [0.29, 0.717) is 10.7 Å². The second-order valence-corrected chi connectivity index (χ2v) is 11.3. The molecule has 0 atom stereocenters. The van der Waals surface area contributed by atoms with E-state index in [1.54, 1.807) is 16.7 Å². The smallest absolute Gasteiger partial charge is 0.323 e. The van der Waals surface area contributed by atoms with E-state index in [0.717, 1.165) is 32.2 Å². The predicted octanol–water partition coefficient (Wildman–Crippen LogP) is 6.35. The SMILES string of the molecule is CC(C)(C)c1cc(/C=C2\Sc3ccccc3N(CC(=O)O)C2=S)cc(C(C)(C)C)c1O. The second kappa shape index (κ2) is 8.32. The quantitative estimate of drug-likeness (QED) is 0.415. The highest BCUT2D eigenvalue weighted by atomic mass is 32.2. The molecule has 0 aliphatic carbocycles. The highest BCUT2D eigenvalue weighted by molar-refractivity contribution is 8.05. The van der Waals surface area contributed by atoms with Crippen LogP contribution in [0.4, 0.5) is 5.69 Å². The molecule has 2 aromatic carbocycles. The number of benzene rings is 2. The number of fused-ring (bicyclic) bond motifs is 1. The van der Waals surface area contributed by atoms with E-state index < -0.39 is 5.97 Å². The number of anilines is 1. The van der Waals surface area contributed by atoms with Gasteiger partial charge in [0.1, 0.15) is 17.3 Å². The van der Waals surface area contributed by atoms with Gasteiger partial charge >= 0.3 is 5.97 Å². The minimum absolute atomic E-state index is 0.191. The van der Waals surface area contributed by atoms with Gasteiger partial charge in [-0.15, -0.1) is 0 Å². The van der Waals surface area contributed by atoms with Crippen LogP contribution in [0.2, 0.25) is 0 Å². The Morgan fingerprint density at radius 1 is 1.06 bits per heavy atom. The maximum absolute atomic E-state index is 11.5. The summed E-state index contributed by atoms with van der Waals surface area (Å²) < 4.78 is 0. The average Bonchev–Trinajstić information content (AvgIpc) is 2.64. The van der Waals surface area contributed by atoms with Crippen LogP contribution in [0, 0.1) is 0 Å². The number of hydrogen-bond acceptors (Lipinski definition) is 4. The van der Waals surface area contributed by atoms with Gasteiger partial charge in [-0.2, -0.15) is 0 Å². The molecular formula is C25H29NO3S2. The van der Waals surface area contributed by atoms with Gasteiger partial charge in [-0.05, 0) is 46.7 Å². The van der Waals surface area contributed by atoms with Crippen molar-refractivity contribution in [2.75, 3.05) is 11.4 Å². The van der Waals surface area contributed by atoms with Crippen molar-refractivity contribution in [3.8, 4) is 5.75 Å². The van der Waals surface area contributed by atoms with Crippen LogP contribution in [0.3, 0.4) is 0 Å². The van der Waals surface area contributed by atoms with Crippen LogP contribution in [0.15, 0.2) is 46.2 Å². The Balaban J connectivity index is 2.17. The van der Waals surface area contributed by atoms with Gasteiger partial charge in [0, 0.05) is 20.9 Å². The lowest BCUT2D eigenvalue weighted by Gasteiger charge is -2.32. The standard InChI is InChI=1S/C25H29NO3S2/c1-24(2,3)16-11-15(12-17(22(16)29)25(4,5)6)13-20-23(30)26(14-21(27)28)18-9-7-8-10-19(18)31-20/h7-13,29H,14H2,1-6H3,(H,27,28)/b20-13-. The molecule has 3 rings (SSSR count). The Morgan fingerprint density at radius 3 is 2.13 bits per heavy atom. The van der Waals surface area contributed by atoms with Gasteiger partial charge in [-0.1, -0.05) is 77.7 Å². The number of phenolic OH excluding ortho intramolecular Hbond substituents is 1.